The second kappa shape index (κ2) is 3.17. The molecule has 0 saturated heterocycles. The molecule has 0 amide bonds. The zero-order valence-corrected chi connectivity index (χ0v) is 9.18. The molecule has 0 radical (unpaired) electrons. The van der Waals surface area contributed by atoms with E-state index in [0.717, 1.165) is 19.9 Å². The van der Waals surface area contributed by atoms with Crippen molar-refractivity contribution in [3.63, 3.8) is 0 Å². The first kappa shape index (κ1) is 8.24. The second-order valence-electron chi connectivity index (χ2n) is 2.13. The fraction of sp³-hybridized carbons (Fsp3) is 0.167. The monoisotopic (exact) mass is 292 g/mol. The van der Waals surface area contributed by atoms with Gasteiger partial charge in [-0.2, -0.15) is 5.10 Å². The first-order chi connectivity index (χ1) is 5.81. The molecule has 4 nitrogen and oxygen atoms in total. The third-order valence-electron chi connectivity index (χ3n) is 1.43. The van der Waals surface area contributed by atoms with E-state index in [1.807, 2.05) is 6.26 Å². The van der Waals surface area contributed by atoms with Gasteiger partial charge in [0.05, 0.1) is 5.39 Å². The van der Waals surface area contributed by atoms with E-state index < -0.39 is 0 Å². The van der Waals surface area contributed by atoms with E-state index >= 15 is 0 Å². The number of hydrogen-bond acceptors (Lipinski definition) is 4. The maximum Gasteiger partial charge on any atom is 0.189 e. The third kappa shape index (κ3) is 1.28. The highest BCUT2D eigenvalue weighted by molar-refractivity contribution is 14.1. The molecule has 12 heavy (non-hydrogen) atoms. The highest BCUT2D eigenvalue weighted by atomic mass is 127. The summed E-state index contributed by atoms with van der Waals surface area (Å²) >= 11 is 3.69. The molecule has 0 aliphatic rings. The van der Waals surface area contributed by atoms with E-state index in [2.05, 4.69) is 42.8 Å². The van der Waals surface area contributed by atoms with Crippen LogP contribution in [0.3, 0.4) is 0 Å². The molecule has 0 atom stereocenters. The first-order valence-electron chi connectivity index (χ1n) is 3.22. The number of nitrogens with zero attached hydrogens (tertiary/aromatic N) is 3. The maximum absolute atomic E-state index is 4.22. The lowest BCUT2D eigenvalue weighted by Gasteiger charge is -1.91. The Balaban J connectivity index is 2.69. The van der Waals surface area contributed by atoms with Crippen molar-refractivity contribution < 1.29 is 0 Å². The second-order valence-corrected chi connectivity index (χ2v) is 3.98. The van der Waals surface area contributed by atoms with Crippen molar-refractivity contribution in [2.24, 2.45) is 0 Å². The van der Waals surface area contributed by atoms with Crippen molar-refractivity contribution in [2.75, 3.05) is 6.26 Å². The summed E-state index contributed by atoms with van der Waals surface area (Å²) in [7, 11) is 0. The molecule has 0 bridgehead atoms. The minimum Gasteiger partial charge on any atom is -0.269 e. The summed E-state index contributed by atoms with van der Waals surface area (Å²) in [5.74, 6) is 0. The van der Waals surface area contributed by atoms with Crippen molar-refractivity contribution in [3.8, 4) is 0 Å². The molecule has 0 spiro atoms. The topological polar surface area (TPSA) is 54.5 Å². The molecule has 2 aromatic rings. The van der Waals surface area contributed by atoms with Gasteiger partial charge in [0.25, 0.3) is 0 Å². The van der Waals surface area contributed by atoms with Crippen LogP contribution < -0.4 is 0 Å². The van der Waals surface area contributed by atoms with Crippen LogP contribution in [-0.2, 0) is 0 Å². The quantitative estimate of drug-likeness (QED) is 0.493. The maximum atomic E-state index is 4.22. The van der Waals surface area contributed by atoms with Crippen LogP contribution in [0.2, 0.25) is 0 Å². The number of aromatic amines is 1. The summed E-state index contributed by atoms with van der Waals surface area (Å²) in [6.45, 7) is 0. The van der Waals surface area contributed by atoms with Gasteiger partial charge in [-0.05, 0) is 28.8 Å². The molecule has 0 aliphatic carbocycles. The number of halogens is 1. The summed E-state index contributed by atoms with van der Waals surface area (Å²) in [6, 6.07) is 0. The number of fused-ring (bicyclic) bond motifs is 1. The zero-order chi connectivity index (χ0) is 8.55. The van der Waals surface area contributed by atoms with Crippen molar-refractivity contribution in [3.05, 3.63) is 9.90 Å². The van der Waals surface area contributed by atoms with Crippen LogP contribution in [0.1, 0.15) is 0 Å². The molecule has 0 aliphatic heterocycles. The predicted octanol–water partition coefficient (Wildman–Crippen LogP) is 1.68. The van der Waals surface area contributed by atoms with Gasteiger partial charge in [-0.15, -0.1) is 0 Å². The van der Waals surface area contributed by atoms with E-state index in [1.54, 1.807) is 6.20 Å². The summed E-state index contributed by atoms with van der Waals surface area (Å²) in [6.07, 6.45) is 3.73. The van der Waals surface area contributed by atoms with Crippen LogP contribution in [0.15, 0.2) is 11.4 Å². The Hall–Kier alpha value is -0.370. The molecular weight excluding hydrogens is 287 g/mol. The lowest BCUT2D eigenvalue weighted by Crippen LogP contribution is -1.85. The van der Waals surface area contributed by atoms with Crippen molar-refractivity contribution >= 4 is 45.4 Å². The molecular formula is C6H5IN4S. The van der Waals surface area contributed by atoms with Crippen molar-refractivity contribution in [1.82, 2.24) is 20.2 Å². The molecule has 2 rings (SSSR count). The average Bonchev–Trinajstić information content (AvgIpc) is 2.47. The van der Waals surface area contributed by atoms with Crippen LogP contribution in [0.25, 0.3) is 11.0 Å². The molecule has 1 N–H and O–H groups in total. The van der Waals surface area contributed by atoms with Gasteiger partial charge in [-0.25, -0.2) is 9.97 Å². The Morgan fingerprint density at radius 1 is 1.58 bits per heavy atom. The lowest BCUT2D eigenvalue weighted by atomic mass is 10.5. The van der Waals surface area contributed by atoms with E-state index in [1.165, 1.54) is 11.8 Å². The lowest BCUT2D eigenvalue weighted by molar-refractivity contribution is 0.983. The summed E-state index contributed by atoms with van der Waals surface area (Å²) in [4.78, 5) is 8.36. The van der Waals surface area contributed by atoms with Gasteiger partial charge in [-0.3, -0.25) is 5.10 Å². The summed E-state index contributed by atoms with van der Waals surface area (Å²) < 4.78 is 0.982. The standard InChI is InChI=1S/C6H5IN4S/c1-12-6-8-2-3-4(7)10-11-5(3)9-6/h2H,1H3,(H,8,9,10,11). The smallest absolute Gasteiger partial charge is 0.189 e. The Morgan fingerprint density at radius 2 is 2.42 bits per heavy atom. The predicted molar refractivity (Wildman–Crippen MR) is 56.2 cm³/mol. The minimum atomic E-state index is 0.735. The average molecular weight is 292 g/mol. The Labute approximate surface area is 86.7 Å². The van der Waals surface area contributed by atoms with E-state index in [4.69, 9.17) is 0 Å². The van der Waals surface area contributed by atoms with Gasteiger partial charge >= 0.3 is 0 Å². The molecule has 0 fully saturated rings. The summed E-state index contributed by atoms with van der Waals surface area (Å²) in [5, 5.41) is 8.62. The summed E-state index contributed by atoms with van der Waals surface area (Å²) in [5.41, 5.74) is 0.735. The van der Waals surface area contributed by atoms with Gasteiger partial charge in [0.15, 0.2) is 10.8 Å². The SMILES string of the molecule is CSc1ncc2c(I)[nH]nc2n1. The molecule has 2 heterocycles. The zero-order valence-electron chi connectivity index (χ0n) is 6.21. The third-order valence-corrected chi connectivity index (χ3v) is 2.81. The number of H-pyrrole nitrogens is 1. The Kier molecular flexibility index (Phi) is 2.18. The fourth-order valence-electron chi connectivity index (χ4n) is 0.858. The van der Waals surface area contributed by atoms with Gasteiger partial charge < -0.3 is 0 Å². The van der Waals surface area contributed by atoms with Crippen LogP contribution >= 0.6 is 34.4 Å². The molecule has 0 saturated carbocycles. The Morgan fingerprint density at radius 3 is 3.17 bits per heavy atom. The number of rotatable bonds is 1. The Bertz CT molecular complexity index is 413. The first-order valence-corrected chi connectivity index (χ1v) is 5.52. The van der Waals surface area contributed by atoms with Crippen LogP contribution in [0.5, 0.6) is 0 Å². The van der Waals surface area contributed by atoms with Gasteiger partial charge in [-0.1, -0.05) is 11.8 Å². The van der Waals surface area contributed by atoms with Gasteiger partial charge in [0.2, 0.25) is 0 Å². The molecule has 0 unspecified atom stereocenters. The fourth-order valence-corrected chi connectivity index (χ4v) is 1.69. The minimum absolute atomic E-state index is 0.735. The van der Waals surface area contributed by atoms with Crippen LogP contribution in [0.4, 0.5) is 0 Å². The van der Waals surface area contributed by atoms with E-state index in [-0.39, 0.29) is 0 Å². The molecule has 62 valence electrons. The molecule has 2 aromatic heterocycles. The van der Waals surface area contributed by atoms with Crippen molar-refractivity contribution in [2.45, 2.75) is 5.16 Å². The highest BCUT2D eigenvalue weighted by Gasteiger charge is 2.04. The largest absolute Gasteiger partial charge is 0.269 e. The van der Waals surface area contributed by atoms with Gasteiger partial charge in [0.1, 0.15) is 3.70 Å². The van der Waals surface area contributed by atoms with Crippen LogP contribution in [-0.4, -0.2) is 26.4 Å². The number of hydrogen-bond donors (Lipinski definition) is 1. The van der Waals surface area contributed by atoms with E-state index in [0.29, 0.717) is 0 Å². The highest BCUT2D eigenvalue weighted by Crippen LogP contribution is 2.17. The normalized spacial score (nSPS) is 10.8. The number of aromatic nitrogens is 4. The molecule has 0 aromatic carbocycles. The van der Waals surface area contributed by atoms with E-state index in [9.17, 15) is 0 Å². The molecule has 6 heteroatoms. The number of thioether (sulfide) groups is 1. The van der Waals surface area contributed by atoms with Crippen LogP contribution in [0, 0.1) is 3.70 Å². The van der Waals surface area contributed by atoms with Crippen molar-refractivity contribution in [1.29, 1.82) is 0 Å². The number of nitrogens with one attached hydrogen (secondary N) is 1. The van der Waals surface area contributed by atoms with Gasteiger partial charge in [0, 0.05) is 6.20 Å².